The molecule has 1 amide bonds. The van der Waals surface area contributed by atoms with Gasteiger partial charge in [-0.25, -0.2) is 0 Å². The molecule has 1 aliphatic heterocycles. The molecule has 1 saturated heterocycles. The molecule has 3 rings (SSSR count). The molecular formula is C18H20N2O2S. The third-order valence-corrected chi connectivity index (χ3v) is 4.68. The first kappa shape index (κ1) is 15.6. The Kier molecular flexibility index (Phi) is 4.98. The van der Waals surface area contributed by atoms with Gasteiger partial charge in [0.15, 0.2) is 0 Å². The lowest BCUT2D eigenvalue weighted by atomic mass is 10.2. The fraction of sp³-hybridized carbons (Fsp3) is 0.278. The third-order valence-electron chi connectivity index (χ3n) is 3.98. The maximum absolute atomic E-state index is 12.3. The van der Waals surface area contributed by atoms with Crippen LogP contribution in [0.2, 0.25) is 0 Å². The van der Waals surface area contributed by atoms with Crippen LogP contribution < -0.4 is 9.64 Å². The Balaban J connectivity index is 1.59. The summed E-state index contributed by atoms with van der Waals surface area (Å²) < 4.78 is 5.42. The van der Waals surface area contributed by atoms with Crippen LogP contribution in [0, 0.1) is 0 Å². The third kappa shape index (κ3) is 3.74. The van der Waals surface area contributed by atoms with Crippen LogP contribution in [0.3, 0.4) is 0 Å². The van der Waals surface area contributed by atoms with Crippen LogP contribution in [-0.2, 0) is 4.79 Å². The second kappa shape index (κ2) is 7.33. The molecule has 0 N–H and O–H groups in total. The van der Waals surface area contributed by atoms with Gasteiger partial charge in [-0.3, -0.25) is 4.79 Å². The summed E-state index contributed by atoms with van der Waals surface area (Å²) in [6, 6.07) is 10.0. The summed E-state index contributed by atoms with van der Waals surface area (Å²) in [7, 11) is 1.69. The Morgan fingerprint density at radius 3 is 2.65 bits per heavy atom. The van der Waals surface area contributed by atoms with Crippen LogP contribution in [-0.4, -0.2) is 44.1 Å². The molecule has 2 aromatic rings. The van der Waals surface area contributed by atoms with Crippen molar-refractivity contribution in [3.05, 3.63) is 52.7 Å². The normalized spacial score (nSPS) is 15.2. The van der Waals surface area contributed by atoms with E-state index in [0.717, 1.165) is 43.2 Å². The number of carbonyl (C=O) groups excluding carboxylic acids is 1. The fourth-order valence-electron chi connectivity index (χ4n) is 2.70. The molecule has 1 fully saturated rings. The van der Waals surface area contributed by atoms with Gasteiger partial charge in [0.2, 0.25) is 5.91 Å². The number of benzene rings is 1. The number of methoxy groups -OCH3 is 1. The van der Waals surface area contributed by atoms with Gasteiger partial charge in [-0.05, 0) is 40.6 Å². The van der Waals surface area contributed by atoms with Crippen LogP contribution in [0.4, 0.5) is 5.69 Å². The minimum Gasteiger partial charge on any atom is -0.495 e. The summed E-state index contributed by atoms with van der Waals surface area (Å²) in [4.78, 5) is 16.4. The van der Waals surface area contributed by atoms with Crippen molar-refractivity contribution in [2.45, 2.75) is 0 Å². The van der Waals surface area contributed by atoms with E-state index in [4.69, 9.17) is 4.74 Å². The Labute approximate surface area is 140 Å². The topological polar surface area (TPSA) is 32.8 Å². The number of hydrogen-bond acceptors (Lipinski definition) is 4. The summed E-state index contributed by atoms with van der Waals surface area (Å²) in [5.74, 6) is 0.959. The molecule has 1 aliphatic rings. The summed E-state index contributed by atoms with van der Waals surface area (Å²) in [6.45, 7) is 3.09. The Morgan fingerprint density at radius 2 is 1.96 bits per heavy atom. The minimum atomic E-state index is 0.0795. The Hall–Kier alpha value is -2.27. The van der Waals surface area contributed by atoms with Crippen LogP contribution in [0.1, 0.15) is 5.56 Å². The number of carbonyl (C=O) groups is 1. The van der Waals surface area contributed by atoms with E-state index in [-0.39, 0.29) is 5.91 Å². The van der Waals surface area contributed by atoms with Crippen LogP contribution >= 0.6 is 11.3 Å². The van der Waals surface area contributed by atoms with E-state index in [1.54, 1.807) is 24.5 Å². The zero-order chi connectivity index (χ0) is 16.1. The van der Waals surface area contributed by atoms with Gasteiger partial charge in [-0.1, -0.05) is 12.1 Å². The number of ether oxygens (including phenoxy) is 1. The predicted octanol–water partition coefficient (Wildman–Crippen LogP) is 3.12. The van der Waals surface area contributed by atoms with Gasteiger partial charge in [0.25, 0.3) is 0 Å². The van der Waals surface area contributed by atoms with Gasteiger partial charge < -0.3 is 14.5 Å². The number of anilines is 1. The molecule has 4 nitrogen and oxygen atoms in total. The van der Waals surface area contributed by atoms with E-state index >= 15 is 0 Å². The van der Waals surface area contributed by atoms with Crippen molar-refractivity contribution < 1.29 is 9.53 Å². The molecule has 0 atom stereocenters. The highest BCUT2D eigenvalue weighted by atomic mass is 32.1. The maximum atomic E-state index is 12.3. The smallest absolute Gasteiger partial charge is 0.246 e. The Bertz CT molecular complexity index is 674. The molecule has 120 valence electrons. The number of rotatable bonds is 4. The Morgan fingerprint density at radius 1 is 1.17 bits per heavy atom. The quantitative estimate of drug-likeness (QED) is 0.809. The lowest BCUT2D eigenvalue weighted by molar-refractivity contribution is -0.126. The first-order valence-electron chi connectivity index (χ1n) is 7.65. The molecular weight excluding hydrogens is 308 g/mol. The van der Waals surface area contributed by atoms with Crippen LogP contribution in [0.25, 0.3) is 6.08 Å². The van der Waals surface area contributed by atoms with E-state index in [0.29, 0.717) is 0 Å². The van der Waals surface area contributed by atoms with Gasteiger partial charge in [0, 0.05) is 32.3 Å². The monoisotopic (exact) mass is 328 g/mol. The number of piperazine rings is 1. The molecule has 23 heavy (non-hydrogen) atoms. The van der Waals surface area contributed by atoms with Crippen molar-refractivity contribution in [2.75, 3.05) is 38.2 Å². The molecule has 1 aromatic heterocycles. The van der Waals surface area contributed by atoms with Crippen molar-refractivity contribution in [1.82, 2.24) is 4.90 Å². The molecule has 0 unspecified atom stereocenters. The number of amides is 1. The molecule has 1 aromatic carbocycles. The highest BCUT2D eigenvalue weighted by Gasteiger charge is 2.21. The van der Waals surface area contributed by atoms with Crippen molar-refractivity contribution in [3.8, 4) is 5.75 Å². The van der Waals surface area contributed by atoms with Gasteiger partial charge in [0.1, 0.15) is 5.75 Å². The average molecular weight is 328 g/mol. The van der Waals surface area contributed by atoms with Gasteiger partial charge in [-0.15, -0.1) is 0 Å². The highest BCUT2D eigenvalue weighted by molar-refractivity contribution is 7.08. The maximum Gasteiger partial charge on any atom is 0.246 e. The number of hydrogen-bond donors (Lipinski definition) is 0. The van der Waals surface area contributed by atoms with E-state index < -0.39 is 0 Å². The average Bonchev–Trinajstić information content (AvgIpc) is 3.13. The molecule has 0 spiro atoms. The van der Waals surface area contributed by atoms with Gasteiger partial charge in [-0.2, -0.15) is 11.3 Å². The van der Waals surface area contributed by atoms with E-state index in [9.17, 15) is 4.79 Å². The SMILES string of the molecule is COc1ccccc1N1CCN(C(=O)C=Cc2ccsc2)CC1. The van der Waals surface area contributed by atoms with E-state index in [1.807, 2.05) is 46.0 Å². The van der Waals surface area contributed by atoms with Crippen molar-refractivity contribution >= 4 is 29.0 Å². The fourth-order valence-corrected chi connectivity index (χ4v) is 3.33. The van der Waals surface area contributed by atoms with Crippen molar-refractivity contribution in [2.24, 2.45) is 0 Å². The molecule has 2 heterocycles. The van der Waals surface area contributed by atoms with Crippen LogP contribution in [0.5, 0.6) is 5.75 Å². The largest absolute Gasteiger partial charge is 0.495 e. The summed E-state index contributed by atoms with van der Waals surface area (Å²) in [5, 5.41) is 4.04. The highest BCUT2D eigenvalue weighted by Crippen LogP contribution is 2.28. The predicted molar refractivity (Wildman–Crippen MR) is 95.1 cm³/mol. The van der Waals surface area contributed by atoms with Crippen molar-refractivity contribution in [3.63, 3.8) is 0 Å². The second-order valence-electron chi connectivity index (χ2n) is 5.37. The van der Waals surface area contributed by atoms with Crippen LogP contribution in [0.15, 0.2) is 47.2 Å². The molecule has 0 saturated carbocycles. The summed E-state index contributed by atoms with van der Waals surface area (Å²) in [5.41, 5.74) is 2.17. The van der Waals surface area contributed by atoms with E-state index in [2.05, 4.69) is 11.0 Å². The standard InChI is InChI=1S/C18H20N2O2S/c1-22-17-5-3-2-4-16(17)19-9-11-20(12-10-19)18(21)7-6-15-8-13-23-14-15/h2-8,13-14H,9-12H2,1H3. The molecule has 0 bridgehead atoms. The minimum absolute atomic E-state index is 0.0795. The molecule has 0 radical (unpaired) electrons. The summed E-state index contributed by atoms with van der Waals surface area (Å²) in [6.07, 6.45) is 3.55. The van der Waals surface area contributed by atoms with Gasteiger partial charge in [0.05, 0.1) is 12.8 Å². The number of nitrogens with zero attached hydrogens (tertiary/aromatic N) is 2. The first-order chi connectivity index (χ1) is 11.3. The van der Waals surface area contributed by atoms with Crippen molar-refractivity contribution in [1.29, 1.82) is 0 Å². The lowest BCUT2D eigenvalue weighted by Gasteiger charge is -2.36. The first-order valence-corrected chi connectivity index (χ1v) is 8.59. The van der Waals surface area contributed by atoms with Gasteiger partial charge >= 0.3 is 0 Å². The molecule has 5 heteroatoms. The second-order valence-corrected chi connectivity index (χ2v) is 6.15. The lowest BCUT2D eigenvalue weighted by Crippen LogP contribution is -2.48. The number of para-hydroxylation sites is 2. The zero-order valence-electron chi connectivity index (χ0n) is 13.1. The number of thiophene rings is 1. The zero-order valence-corrected chi connectivity index (χ0v) is 14.0. The summed E-state index contributed by atoms with van der Waals surface area (Å²) >= 11 is 1.63. The molecule has 0 aliphatic carbocycles. The van der Waals surface area contributed by atoms with E-state index in [1.165, 1.54) is 0 Å².